The second-order valence-corrected chi connectivity index (χ2v) is 6.12. The van der Waals surface area contributed by atoms with Crippen LogP contribution in [0, 0.1) is 27.7 Å². The molecule has 2 aromatic heterocycles. The van der Waals surface area contributed by atoms with Gasteiger partial charge in [0.2, 0.25) is 0 Å². The molecule has 3 aromatic rings. The zero-order valence-electron chi connectivity index (χ0n) is 12.0. The molecule has 0 aliphatic rings. The number of H-pyrrole nitrogens is 1. The largest absolute Gasteiger partial charge is 0.345 e. The quantitative estimate of drug-likeness (QED) is 0.707. The Balaban J connectivity index is 2.30. The van der Waals surface area contributed by atoms with E-state index in [1.165, 1.54) is 16.7 Å². The first kappa shape index (κ1) is 13.3. The van der Waals surface area contributed by atoms with Crippen LogP contribution in [-0.2, 0) is 0 Å². The summed E-state index contributed by atoms with van der Waals surface area (Å²) in [5.74, 6) is 0.791. The highest BCUT2D eigenvalue weighted by Gasteiger charge is 2.14. The predicted octanol–water partition coefficient (Wildman–Crippen LogP) is 4.62. The van der Waals surface area contributed by atoms with Gasteiger partial charge >= 0.3 is 0 Å². The van der Waals surface area contributed by atoms with Crippen molar-refractivity contribution in [2.45, 2.75) is 27.7 Å². The molecule has 0 atom stereocenters. The third-order valence-electron chi connectivity index (χ3n) is 3.56. The zero-order chi connectivity index (χ0) is 14.4. The molecular weight excluding hydrogens is 314 g/mol. The lowest BCUT2D eigenvalue weighted by Crippen LogP contribution is -1.98. The van der Waals surface area contributed by atoms with E-state index in [0.717, 1.165) is 32.6 Å². The Morgan fingerprint density at radius 3 is 2.30 bits per heavy atom. The highest BCUT2D eigenvalue weighted by atomic mass is 79.9. The average Bonchev–Trinajstić information content (AvgIpc) is 2.70. The van der Waals surface area contributed by atoms with Gasteiger partial charge in [-0.25, -0.2) is 9.97 Å². The molecule has 0 amide bonds. The molecule has 3 rings (SSSR count). The number of aryl methyl sites for hydroxylation is 4. The molecule has 2 heterocycles. The van der Waals surface area contributed by atoms with E-state index in [1.54, 1.807) is 0 Å². The molecule has 0 unspecified atom stereocenters. The van der Waals surface area contributed by atoms with Crippen molar-refractivity contribution in [2.75, 3.05) is 0 Å². The highest BCUT2D eigenvalue weighted by Crippen LogP contribution is 2.30. The Bertz CT molecular complexity index is 795. The lowest BCUT2D eigenvalue weighted by molar-refractivity contribution is 1.13. The Labute approximate surface area is 126 Å². The maximum Gasteiger partial charge on any atom is 0.162 e. The van der Waals surface area contributed by atoms with Crippen LogP contribution in [0.1, 0.15) is 22.4 Å². The summed E-state index contributed by atoms with van der Waals surface area (Å²) in [4.78, 5) is 12.6. The lowest BCUT2D eigenvalue weighted by Gasteiger charge is -2.11. The summed E-state index contributed by atoms with van der Waals surface area (Å²) in [5, 5.41) is 1.05. The molecule has 0 bridgehead atoms. The molecule has 20 heavy (non-hydrogen) atoms. The molecule has 1 aromatic carbocycles. The number of fused-ring (bicyclic) bond motifs is 1. The Hall–Kier alpha value is -1.68. The summed E-state index contributed by atoms with van der Waals surface area (Å²) in [6.07, 6.45) is 1.91. The minimum Gasteiger partial charge on any atom is -0.345 e. The SMILES string of the molecule is Cc1cc(C)c(-c2nc(C)c3c(Br)c[nH]c3n2)c(C)c1. The van der Waals surface area contributed by atoms with E-state index < -0.39 is 0 Å². The number of benzene rings is 1. The van der Waals surface area contributed by atoms with Gasteiger partial charge in [-0.1, -0.05) is 17.7 Å². The van der Waals surface area contributed by atoms with Crippen LogP contribution in [0.3, 0.4) is 0 Å². The van der Waals surface area contributed by atoms with E-state index in [-0.39, 0.29) is 0 Å². The number of hydrogen-bond donors (Lipinski definition) is 1. The number of nitrogens with zero attached hydrogens (tertiary/aromatic N) is 2. The normalized spacial score (nSPS) is 11.2. The lowest BCUT2D eigenvalue weighted by atomic mass is 9.99. The summed E-state index contributed by atoms with van der Waals surface area (Å²) < 4.78 is 1.01. The van der Waals surface area contributed by atoms with E-state index >= 15 is 0 Å². The molecule has 0 radical (unpaired) electrons. The molecule has 4 heteroatoms. The fraction of sp³-hybridized carbons (Fsp3) is 0.250. The zero-order valence-corrected chi connectivity index (χ0v) is 13.6. The standard InChI is InChI=1S/C16H16BrN3/c1-8-5-9(2)13(10(3)6-8)16-19-11(4)14-12(17)7-18-15(14)20-16/h5-7H,1-4H3,(H,18,19,20). The van der Waals surface area contributed by atoms with Crippen molar-refractivity contribution in [3.63, 3.8) is 0 Å². The molecule has 0 aliphatic heterocycles. The number of aromatic amines is 1. The van der Waals surface area contributed by atoms with Gasteiger partial charge in [-0.05, 0) is 54.8 Å². The van der Waals surface area contributed by atoms with Gasteiger partial charge in [0.1, 0.15) is 5.65 Å². The molecular formula is C16H16BrN3. The monoisotopic (exact) mass is 329 g/mol. The van der Waals surface area contributed by atoms with E-state index in [9.17, 15) is 0 Å². The van der Waals surface area contributed by atoms with E-state index in [4.69, 9.17) is 4.98 Å². The first-order valence-electron chi connectivity index (χ1n) is 6.57. The summed E-state index contributed by atoms with van der Waals surface area (Å²) in [5.41, 5.74) is 6.69. The fourth-order valence-corrected chi connectivity index (χ4v) is 3.40. The van der Waals surface area contributed by atoms with Crippen molar-refractivity contribution in [3.8, 4) is 11.4 Å². The maximum absolute atomic E-state index is 4.69. The van der Waals surface area contributed by atoms with Crippen molar-refractivity contribution in [2.24, 2.45) is 0 Å². The summed E-state index contributed by atoms with van der Waals surface area (Å²) in [6, 6.07) is 4.35. The van der Waals surface area contributed by atoms with Crippen LogP contribution in [0.5, 0.6) is 0 Å². The fourth-order valence-electron chi connectivity index (χ4n) is 2.81. The summed E-state index contributed by atoms with van der Waals surface area (Å²) >= 11 is 3.53. The number of nitrogens with one attached hydrogen (secondary N) is 1. The molecule has 0 aliphatic carbocycles. The van der Waals surface area contributed by atoms with Crippen LogP contribution in [0.4, 0.5) is 0 Å². The number of aromatic nitrogens is 3. The molecule has 1 N–H and O–H groups in total. The minimum atomic E-state index is 0.791. The van der Waals surface area contributed by atoms with Gasteiger partial charge in [0.25, 0.3) is 0 Å². The van der Waals surface area contributed by atoms with Crippen LogP contribution >= 0.6 is 15.9 Å². The van der Waals surface area contributed by atoms with Crippen LogP contribution in [0.2, 0.25) is 0 Å². The van der Waals surface area contributed by atoms with Crippen LogP contribution < -0.4 is 0 Å². The maximum atomic E-state index is 4.69. The first-order chi connectivity index (χ1) is 9.47. The Morgan fingerprint density at radius 2 is 1.65 bits per heavy atom. The smallest absolute Gasteiger partial charge is 0.162 e. The van der Waals surface area contributed by atoms with Gasteiger partial charge in [-0.3, -0.25) is 0 Å². The number of hydrogen-bond acceptors (Lipinski definition) is 2. The van der Waals surface area contributed by atoms with Gasteiger partial charge in [-0.15, -0.1) is 0 Å². The van der Waals surface area contributed by atoms with E-state index in [0.29, 0.717) is 0 Å². The molecule has 102 valence electrons. The second kappa shape index (κ2) is 4.70. The summed E-state index contributed by atoms with van der Waals surface area (Å²) in [7, 11) is 0. The van der Waals surface area contributed by atoms with Crippen LogP contribution in [0.15, 0.2) is 22.8 Å². The van der Waals surface area contributed by atoms with E-state index in [2.05, 4.69) is 58.8 Å². The van der Waals surface area contributed by atoms with Gasteiger partial charge in [-0.2, -0.15) is 0 Å². The van der Waals surface area contributed by atoms with Crippen molar-refractivity contribution >= 4 is 27.0 Å². The molecule has 0 saturated heterocycles. The number of halogens is 1. The van der Waals surface area contributed by atoms with Gasteiger partial charge in [0, 0.05) is 16.2 Å². The van der Waals surface area contributed by atoms with Gasteiger partial charge < -0.3 is 4.98 Å². The molecule has 0 fully saturated rings. The molecule has 0 saturated carbocycles. The van der Waals surface area contributed by atoms with Crippen molar-refractivity contribution in [3.05, 3.63) is 45.2 Å². The molecule has 3 nitrogen and oxygen atoms in total. The van der Waals surface area contributed by atoms with Gasteiger partial charge in [0.15, 0.2) is 5.82 Å². The number of rotatable bonds is 1. The van der Waals surface area contributed by atoms with Gasteiger partial charge in [0.05, 0.1) is 11.1 Å². The van der Waals surface area contributed by atoms with Crippen molar-refractivity contribution in [1.82, 2.24) is 15.0 Å². The first-order valence-corrected chi connectivity index (χ1v) is 7.36. The minimum absolute atomic E-state index is 0.791. The van der Waals surface area contributed by atoms with E-state index in [1.807, 2.05) is 13.1 Å². The third-order valence-corrected chi connectivity index (χ3v) is 4.19. The molecule has 0 spiro atoms. The predicted molar refractivity (Wildman–Crippen MR) is 86.0 cm³/mol. The second-order valence-electron chi connectivity index (χ2n) is 5.27. The van der Waals surface area contributed by atoms with Crippen LogP contribution in [-0.4, -0.2) is 15.0 Å². The highest BCUT2D eigenvalue weighted by molar-refractivity contribution is 9.10. The average molecular weight is 330 g/mol. The Morgan fingerprint density at radius 1 is 1.00 bits per heavy atom. The third kappa shape index (κ3) is 2.04. The Kier molecular flexibility index (Phi) is 3.13. The van der Waals surface area contributed by atoms with Crippen molar-refractivity contribution < 1.29 is 0 Å². The van der Waals surface area contributed by atoms with Crippen molar-refractivity contribution in [1.29, 1.82) is 0 Å². The summed E-state index contributed by atoms with van der Waals surface area (Å²) in [6.45, 7) is 8.36. The topological polar surface area (TPSA) is 41.6 Å². The van der Waals surface area contributed by atoms with Crippen LogP contribution in [0.25, 0.3) is 22.4 Å².